The summed E-state index contributed by atoms with van der Waals surface area (Å²) in [5.74, 6) is 2.12. The highest BCUT2D eigenvalue weighted by molar-refractivity contribution is 6.74. The number of unbranched alkanes of at least 4 members (excludes halogenated alkanes) is 5. The highest BCUT2D eigenvalue weighted by Gasteiger charge is 2.47. The highest BCUT2D eigenvalue weighted by Crippen LogP contribution is 2.51. The van der Waals surface area contributed by atoms with Crippen LogP contribution < -0.4 is 0 Å². The van der Waals surface area contributed by atoms with Crippen LogP contribution in [-0.4, -0.2) is 60.0 Å². The Labute approximate surface area is 318 Å². The van der Waals surface area contributed by atoms with Crippen LogP contribution in [0.5, 0.6) is 0 Å². The number of fused-ring (bicyclic) bond motifs is 1. The van der Waals surface area contributed by atoms with Gasteiger partial charge in [0, 0.05) is 44.9 Å². The number of rotatable bonds is 22. The molecule has 7 atom stereocenters. The van der Waals surface area contributed by atoms with E-state index < -0.39 is 8.32 Å². The minimum atomic E-state index is -1.85. The van der Waals surface area contributed by atoms with Gasteiger partial charge in [-0.15, -0.1) is 0 Å². The molecule has 0 spiro atoms. The maximum atomic E-state index is 6.93. The number of benzene rings is 1. The monoisotopic (exact) mass is 739 g/mol. The first-order valence-corrected chi connectivity index (χ1v) is 24.2. The number of ether oxygens (including phenoxy) is 5. The van der Waals surface area contributed by atoms with Crippen LogP contribution >= 0.6 is 0 Å². The molecule has 52 heavy (non-hydrogen) atoms. The molecule has 0 bridgehead atoms. The molecule has 0 amide bonds. The van der Waals surface area contributed by atoms with Crippen LogP contribution in [0.4, 0.5) is 0 Å². The number of allylic oxidation sites excluding steroid dienone is 2. The van der Waals surface area contributed by atoms with Crippen LogP contribution in [0.1, 0.15) is 129 Å². The van der Waals surface area contributed by atoms with Crippen molar-refractivity contribution in [3.05, 3.63) is 59.7 Å². The van der Waals surface area contributed by atoms with Gasteiger partial charge in [0.05, 0.1) is 12.7 Å². The second kappa shape index (κ2) is 21.7. The smallest absolute Gasteiger partial charge is 0.192 e. The third kappa shape index (κ3) is 13.5. The van der Waals surface area contributed by atoms with E-state index in [2.05, 4.69) is 82.4 Å². The molecule has 1 saturated carbocycles. The van der Waals surface area contributed by atoms with Gasteiger partial charge < -0.3 is 28.1 Å². The molecule has 294 valence electrons. The molecule has 6 nitrogen and oxygen atoms in total. The van der Waals surface area contributed by atoms with E-state index in [1.807, 2.05) is 0 Å². The van der Waals surface area contributed by atoms with Gasteiger partial charge in [-0.25, -0.2) is 0 Å². The minimum Gasteiger partial charge on any atom is -0.416 e. The van der Waals surface area contributed by atoms with Gasteiger partial charge in [-0.2, -0.15) is 0 Å². The number of hydrogen-bond donors (Lipinski definition) is 0. The summed E-state index contributed by atoms with van der Waals surface area (Å²) in [7, 11) is -1.85. The van der Waals surface area contributed by atoms with Crippen LogP contribution in [0, 0.1) is 23.7 Å². The predicted molar refractivity (Wildman–Crippen MR) is 215 cm³/mol. The molecule has 2 heterocycles. The van der Waals surface area contributed by atoms with Crippen molar-refractivity contribution in [2.75, 3.05) is 33.0 Å². The van der Waals surface area contributed by atoms with E-state index in [1.165, 1.54) is 63.4 Å². The fourth-order valence-electron chi connectivity index (χ4n) is 8.27. The second-order valence-electron chi connectivity index (χ2n) is 17.7. The maximum Gasteiger partial charge on any atom is 0.192 e. The molecule has 5 rings (SSSR count). The molecular weight excluding hydrogens is 665 g/mol. The van der Waals surface area contributed by atoms with Crippen LogP contribution in [0.3, 0.4) is 0 Å². The third-order valence-corrected chi connectivity index (χ3v) is 17.1. The average molecular weight is 739 g/mol. The molecule has 0 N–H and O–H groups in total. The molecule has 7 heteroatoms. The molecule has 4 aliphatic rings. The molecule has 3 fully saturated rings. The summed E-state index contributed by atoms with van der Waals surface area (Å²) in [6.07, 6.45) is 26.5. The van der Waals surface area contributed by atoms with E-state index in [-0.39, 0.29) is 23.7 Å². The Kier molecular flexibility index (Phi) is 17.4. The summed E-state index contributed by atoms with van der Waals surface area (Å²) in [5.41, 5.74) is 2.89. The quantitative estimate of drug-likeness (QED) is 0.0671. The lowest BCUT2D eigenvalue weighted by Crippen LogP contribution is -2.42. The molecule has 1 aromatic rings. The normalized spacial score (nSPS) is 27.6. The minimum absolute atomic E-state index is 0.0343. The lowest BCUT2D eigenvalue weighted by Gasteiger charge is -2.37. The SMILES string of the molecule is CC(C)(C)[Si](C)(C)OCC(CCCCOCc1ccccc1)C1=CC2C[C@@H](OC3CCCCO3)[C@H](C=CCCCCCCOC3CCCCO3)C2C1. The Balaban J connectivity index is 1.14. The first kappa shape index (κ1) is 41.8. The molecule has 2 aliphatic carbocycles. The molecule has 2 aliphatic heterocycles. The zero-order chi connectivity index (χ0) is 36.7. The van der Waals surface area contributed by atoms with Crippen molar-refractivity contribution in [1.29, 1.82) is 0 Å². The lowest BCUT2D eigenvalue weighted by molar-refractivity contribution is -0.192. The van der Waals surface area contributed by atoms with E-state index in [1.54, 1.807) is 5.57 Å². The van der Waals surface area contributed by atoms with Gasteiger partial charge in [-0.3, -0.25) is 0 Å². The highest BCUT2D eigenvalue weighted by atomic mass is 28.4. The van der Waals surface area contributed by atoms with Crippen LogP contribution in [-0.2, 0) is 34.7 Å². The zero-order valence-corrected chi connectivity index (χ0v) is 34.7. The fraction of sp³-hybridized carbons (Fsp3) is 0.778. The van der Waals surface area contributed by atoms with Gasteiger partial charge in [0.1, 0.15) is 0 Å². The van der Waals surface area contributed by atoms with Crippen molar-refractivity contribution in [3.63, 3.8) is 0 Å². The summed E-state index contributed by atoms with van der Waals surface area (Å²) in [4.78, 5) is 0. The zero-order valence-electron chi connectivity index (χ0n) is 33.7. The molecular formula is C45H74O6Si. The molecule has 1 aromatic carbocycles. The summed E-state index contributed by atoms with van der Waals surface area (Å²) < 4.78 is 37.5. The maximum absolute atomic E-state index is 6.93. The van der Waals surface area contributed by atoms with Gasteiger partial charge in [0.15, 0.2) is 20.9 Å². The van der Waals surface area contributed by atoms with Crippen molar-refractivity contribution < 1.29 is 28.1 Å². The van der Waals surface area contributed by atoms with Gasteiger partial charge >= 0.3 is 0 Å². The van der Waals surface area contributed by atoms with Crippen LogP contribution in [0.25, 0.3) is 0 Å². The molecule has 0 aromatic heterocycles. The fourth-order valence-corrected chi connectivity index (χ4v) is 9.32. The van der Waals surface area contributed by atoms with E-state index in [0.717, 1.165) is 78.0 Å². The Morgan fingerprint density at radius 2 is 1.60 bits per heavy atom. The van der Waals surface area contributed by atoms with Gasteiger partial charge in [0.25, 0.3) is 0 Å². The Morgan fingerprint density at radius 1 is 0.865 bits per heavy atom. The topological polar surface area (TPSA) is 55.4 Å². The van der Waals surface area contributed by atoms with E-state index >= 15 is 0 Å². The van der Waals surface area contributed by atoms with Crippen molar-refractivity contribution in [2.24, 2.45) is 23.7 Å². The van der Waals surface area contributed by atoms with Crippen molar-refractivity contribution >= 4 is 8.32 Å². The first-order valence-electron chi connectivity index (χ1n) is 21.3. The van der Waals surface area contributed by atoms with Gasteiger partial charge in [0.2, 0.25) is 0 Å². The van der Waals surface area contributed by atoms with Crippen molar-refractivity contribution in [2.45, 2.75) is 167 Å². The summed E-state index contributed by atoms with van der Waals surface area (Å²) in [5, 5.41) is 0.211. The van der Waals surface area contributed by atoms with E-state index in [0.29, 0.717) is 30.3 Å². The van der Waals surface area contributed by atoms with Crippen molar-refractivity contribution in [3.8, 4) is 0 Å². The largest absolute Gasteiger partial charge is 0.416 e. The lowest BCUT2D eigenvalue weighted by atomic mass is 9.86. The van der Waals surface area contributed by atoms with E-state index in [9.17, 15) is 0 Å². The number of hydrogen-bond acceptors (Lipinski definition) is 6. The van der Waals surface area contributed by atoms with Gasteiger partial charge in [-0.1, -0.05) is 94.2 Å². The Hall–Kier alpha value is -1.32. The summed E-state index contributed by atoms with van der Waals surface area (Å²) in [6, 6.07) is 10.5. The Morgan fingerprint density at radius 3 is 2.33 bits per heavy atom. The molecule has 2 saturated heterocycles. The Bertz CT molecular complexity index is 1180. The molecule has 5 unspecified atom stereocenters. The van der Waals surface area contributed by atoms with E-state index in [4.69, 9.17) is 28.1 Å². The standard InChI is InChI=1S/C45H74O6Si/c1-45(2,3)52(4,5)50-35-37(23-14-18-27-46-34-36-21-11-10-12-22-36)38-31-39-33-42(51-44-26-16-20-30-49-44)40(41(39)32-38)24-13-8-6-7-9-17-28-47-43-25-15-19-29-48-43/h10-13,21-22,24,31,37,39-44H,6-9,14-20,23,25-30,32-35H2,1-5H3/t37?,39?,40-,41?,42-,43?,44?/m1/s1. The van der Waals surface area contributed by atoms with Crippen LogP contribution in [0.15, 0.2) is 54.1 Å². The second-order valence-corrected chi connectivity index (χ2v) is 22.5. The molecule has 0 radical (unpaired) electrons. The summed E-state index contributed by atoms with van der Waals surface area (Å²) in [6.45, 7) is 16.7. The van der Waals surface area contributed by atoms with Gasteiger partial charge in [-0.05, 0) is 119 Å². The summed E-state index contributed by atoms with van der Waals surface area (Å²) >= 11 is 0. The third-order valence-electron chi connectivity index (χ3n) is 12.6. The first-order chi connectivity index (χ1) is 25.2. The van der Waals surface area contributed by atoms with Crippen LogP contribution in [0.2, 0.25) is 18.1 Å². The predicted octanol–water partition coefficient (Wildman–Crippen LogP) is 11.6. The average Bonchev–Trinajstić information content (AvgIpc) is 3.69. The van der Waals surface area contributed by atoms with Crippen molar-refractivity contribution in [1.82, 2.24) is 0 Å².